The van der Waals surface area contributed by atoms with Crippen molar-refractivity contribution in [1.82, 2.24) is 5.32 Å². The number of nitrogens with one attached hydrogen (secondary N) is 1. The van der Waals surface area contributed by atoms with E-state index < -0.39 is 122 Å². The van der Waals surface area contributed by atoms with Crippen LogP contribution in [0.4, 0.5) is 4.79 Å². The van der Waals surface area contributed by atoms with E-state index in [2.05, 4.69) is 18.2 Å². The highest BCUT2D eigenvalue weighted by atomic mass is 35.6. The Hall–Kier alpha value is -5.70. The summed E-state index contributed by atoms with van der Waals surface area (Å²) in [6.07, 6.45) is -2.65. The van der Waals surface area contributed by atoms with Crippen molar-refractivity contribution in [3.63, 3.8) is 0 Å². The molecule has 3 fully saturated rings. The minimum atomic E-state index is -2.52. The van der Waals surface area contributed by atoms with Crippen LogP contribution in [0.15, 0.2) is 59.7 Å². The van der Waals surface area contributed by atoms with Crippen LogP contribution >= 0.6 is 34.8 Å². The van der Waals surface area contributed by atoms with Crippen LogP contribution in [0, 0.1) is 41.4 Å². The molecule has 444 valence electrons. The third-order valence-corrected chi connectivity index (χ3v) is 14.9. The summed E-state index contributed by atoms with van der Waals surface area (Å²) in [5.74, 6) is -6.13. The number of ether oxygens (including phenoxy) is 8. The van der Waals surface area contributed by atoms with Gasteiger partial charge in [0.25, 0.3) is 9.76 Å². The molecule has 3 aliphatic carbocycles. The molecule has 11 atom stereocenters. The summed E-state index contributed by atoms with van der Waals surface area (Å²) in [5.41, 5.74) is -5.49. The molecule has 1 aliphatic heterocycles. The largest absolute Gasteiger partial charge is 0.497 e. The molecule has 2 aromatic carbocycles. The number of carboxylic acid groups (broad SMARTS) is 2. The SMILES string of the molecule is C#C.CC(=O)O.COc1ccc(C(NC(=O)OC(C)(C)C)O[C@H](CCC(C)C)C(=O)O[C@@H]2C(C)=C3[C@@H](OC(C)=O)C(=O)[C@@]4(C)C(C[C@](OO)([C@H]2O)C3(C)C)[C@@H]2CO[C@@H]2C[C@@H]4OC(=O)C(Cl)(Cl)Cl)c(OC)c1.O=C(O)c1ccccc1. The van der Waals surface area contributed by atoms with Crippen LogP contribution in [0.1, 0.15) is 124 Å². The number of esters is 3. The molecular formula is C56H74Cl3NO20. The lowest BCUT2D eigenvalue weighted by atomic mass is 9.46. The number of benzene rings is 2. The number of Topliss-reactive ketones (excluding diaryl/α,β-unsaturated/α-hetero) is 1. The number of aliphatic hydroxyl groups is 1. The number of carbonyl (C=O) groups is 7. The van der Waals surface area contributed by atoms with Crippen LogP contribution in [0.25, 0.3) is 0 Å². The number of hydrogen-bond donors (Lipinski definition) is 5. The van der Waals surface area contributed by atoms with Crippen LogP contribution < -0.4 is 14.8 Å². The second kappa shape index (κ2) is 28.3. The van der Waals surface area contributed by atoms with Gasteiger partial charge in [-0.2, -0.15) is 0 Å². The standard InChI is InChI=1S/C45H62Cl3NO16.C7H6O2.C2H4O2.C2H2/c1-21(2)13-16-28(61-37(49-40(55)64-41(5,6)7)25-15-14-24(57-11)17-29(25)58-12)38(53)63-33-22(3)32-34(60-23(4)50)35(51)43(10)27(19-44(65-56,36(33)52)42(32,8)9)26-20-59-30(26)18-31(43)62-39(54)45(46,47)48;8-7(9)6-4-2-1-3-5-6;1-2(3)4;1-2/h14-15,17,21,26-28,30-31,33-34,36-37,52,56H,13,16,18-20H2,1-12H3,(H,49,55);1-5H,(H,8,9);1H3,(H,3,4);1-2H/t26-,27?,28+,30+,31-,33+,34+,36-,37?,43-,44-;;;/m0.../s1. The Bertz CT molecular complexity index is 2570. The third kappa shape index (κ3) is 16.1. The van der Waals surface area contributed by atoms with E-state index in [4.69, 9.17) is 92.6 Å². The number of aliphatic hydroxyl groups excluding tert-OH is 1. The normalized spacial score (nSPS) is 26.2. The van der Waals surface area contributed by atoms with Crippen molar-refractivity contribution < 1.29 is 96.9 Å². The number of hydrogen-bond acceptors (Lipinski definition) is 18. The van der Waals surface area contributed by atoms with Crippen LogP contribution in [0.5, 0.6) is 11.5 Å². The number of halogens is 3. The fourth-order valence-electron chi connectivity index (χ4n) is 10.5. The number of alkyl halides is 3. The average Bonchev–Trinajstić information content (AvgIpc) is 3.36. The average molecular weight is 1190 g/mol. The zero-order valence-corrected chi connectivity index (χ0v) is 49.3. The molecule has 4 aliphatic rings. The Balaban J connectivity index is 0.000000980. The van der Waals surface area contributed by atoms with Gasteiger partial charge in [-0.3, -0.25) is 25.0 Å². The molecule has 0 spiro atoms. The van der Waals surface area contributed by atoms with Gasteiger partial charge in [0.15, 0.2) is 30.3 Å². The van der Waals surface area contributed by atoms with Gasteiger partial charge in [0.2, 0.25) is 0 Å². The summed E-state index contributed by atoms with van der Waals surface area (Å²) in [7, 11) is 2.88. The summed E-state index contributed by atoms with van der Waals surface area (Å²) in [6, 6.07) is 13.1. The molecule has 2 unspecified atom stereocenters. The number of terminal acetylenes is 1. The van der Waals surface area contributed by atoms with E-state index in [-0.39, 0.29) is 48.7 Å². The van der Waals surface area contributed by atoms with E-state index in [1.54, 1.807) is 83.1 Å². The molecule has 1 amide bonds. The van der Waals surface area contributed by atoms with Crippen molar-refractivity contribution in [1.29, 1.82) is 0 Å². The highest BCUT2D eigenvalue weighted by molar-refractivity contribution is 6.75. The molecule has 1 saturated heterocycles. The Labute approximate surface area is 481 Å². The van der Waals surface area contributed by atoms with Crippen molar-refractivity contribution in [2.24, 2.45) is 28.6 Å². The second-order valence-electron chi connectivity index (χ2n) is 21.5. The fourth-order valence-corrected chi connectivity index (χ4v) is 10.6. The highest BCUT2D eigenvalue weighted by Gasteiger charge is 2.72. The zero-order chi connectivity index (χ0) is 61.0. The van der Waals surface area contributed by atoms with Crippen LogP contribution in [0.2, 0.25) is 0 Å². The van der Waals surface area contributed by atoms with Crippen LogP contribution in [-0.4, -0.2) is 135 Å². The smallest absolute Gasteiger partial charge is 0.409 e. The first-order chi connectivity index (χ1) is 37.1. The van der Waals surface area contributed by atoms with Crippen molar-refractivity contribution in [3.05, 3.63) is 70.8 Å². The molecule has 0 radical (unpaired) electrons. The lowest BCUT2D eigenvalue weighted by molar-refractivity contribution is -0.389. The zero-order valence-electron chi connectivity index (χ0n) is 47.0. The highest BCUT2D eigenvalue weighted by Crippen LogP contribution is 2.63. The molecule has 1 heterocycles. The van der Waals surface area contributed by atoms with E-state index >= 15 is 4.79 Å². The molecule has 2 bridgehead atoms. The van der Waals surface area contributed by atoms with Gasteiger partial charge in [-0.25, -0.2) is 24.1 Å². The summed E-state index contributed by atoms with van der Waals surface area (Å²) >= 11 is 17.8. The molecule has 0 aromatic heterocycles. The first kappa shape index (κ1) is 68.6. The lowest BCUT2D eigenvalue weighted by Gasteiger charge is -2.63. The van der Waals surface area contributed by atoms with E-state index in [1.165, 1.54) is 28.1 Å². The summed E-state index contributed by atoms with van der Waals surface area (Å²) in [4.78, 5) is 94.3. The van der Waals surface area contributed by atoms with Crippen LogP contribution in [-0.2, 0) is 57.3 Å². The molecule has 5 N–H and O–H groups in total. The third-order valence-electron chi connectivity index (χ3n) is 14.4. The summed E-state index contributed by atoms with van der Waals surface area (Å²) < 4.78 is 44.3. The Morgan fingerprint density at radius 2 is 1.50 bits per heavy atom. The van der Waals surface area contributed by atoms with Gasteiger partial charge in [0, 0.05) is 43.2 Å². The van der Waals surface area contributed by atoms with Crippen molar-refractivity contribution in [2.75, 3.05) is 20.8 Å². The predicted molar refractivity (Wildman–Crippen MR) is 291 cm³/mol. The Kier molecular flexibility index (Phi) is 24.3. The number of amides is 1. The minimum Gasteiger partial charge on any atom is -0.497 e. The molecule has 2 saturated carbocycles. The number of ketones is 1. The number of alkyl carbamates (subject to hydrolysis) is 1. The van der Waals surface area contributed by atoms with E-state index in [9.17, 15) is 34.3 Å². The summed E-state index contributed by atoms with van der Waals surface area (Å²) in [5, 5.41) is 42.4. The van der Waals surface area contributed by atoms with E-state index in [0.29, 0.717) is 23.3 Å². The van der Waals surface area contributed by atoms with Crippen LogP contribution in [0.3, 0.4) is 0 Å². The second-order valence-corrected chi connectivity index (χ2v) is 23.8. The number of carboxylic acids is 2. The van der Waals surface area contributed by atoms with Gasteiger partial charge in [-0.1, -0.05) is 80.7 Å². The fraction of sp³-hybridized carbons (Fsp3) is 0.589. The molecule has 2 aromatic rings. The first-order valence-electron chi connectivity index (χ1n) is 25.3. The van der Waals surface area contributed by atoms with Gasteiger partial charge in [0.1, 0.15) is 34.9 Å². The van der Waals surface area contributed by atoms with E-state index in [1.807, 2.05) is 13.8 Å². The van der Waals surface area contributed by atoms with Crippen molar-refractivity contribution in [3.8, 4) is 24.3 Å². The van der Waals surface area contributed by atoms with Gasteiger partial charge >= 0.3 is 30.0 Å². The lowest BCUT2D eigenvalue weighted by Crippen LogP contribution is -2.73. The van der Waals surface area contributed by atoms with Gasteiger partial charge in [-0.05, 0) is 101 Å². The number of fused-ring (bicyclic) bond motifs is 5. The van der Waals surface area contributed by atoms with E-state index in [0.717, 1.165) is 13.8 Å². The topological polar surface area (TPSA) is 296 Å². The monoisotopic (exact) mass is 1190 g/mol. The van der Waals surface area contributed by atoms with Gasteiger partial charge in [0.05, 0.1) is 37.9 Å². The molecule has 24 heteroatoms. The van der Waals surface area contributed by atoms with Gasteiger partial charge in [-0.15, -0.1) is 12.8 Å². The number of methoxy groups -OCH3 is 2. The van der Waals surface area contributed by atoms with Crippen molar-refractivity contribution in [2.45, 2.75) is 160 Å². The quantitative estimate of drug-likeness (QED) is 0.0162. The molecule has 80 heavy (non-hydrogen) atoms. The number of aromatic carboxylic acids is 1. The Morgan fingerprint density at radius 3 is 1.96 bits per heavy atom. The Morgan fingerprint density at radius 1 is 0.900 bits per heavy atom. The number of rotatable bonds is 15. The van der Waals surface area contributed by atoms with Gasteiger partial charge < -0.3 is 53.2 Å². The maximum absolute atomic E-state index is 15.4. The summed E-state index contributed by atoms with van der Waals surface area (Å²) in [6.45, 7) is 17.5. The maximum atomic E-state index is 15.4. The first-order valence-corrected chi connectivity index (χ1v) is 26.5. The number of carbonyl (C=O) groups excluding carboxylic acids is 5. The number of aliphatic carboxylic acids is 1. The van der Waals surface area contributed by atoms with Crippen molar-refractivity contribution >= 4 is 76.5 Å². The maximum Gasteiger partial charge on any atom is 0.409 e. The molecule has 6 rings (SSSR count). The molecular weight excluding hydrogens is 1110 g/mol. The molecule has 21 nitrogen and oxygen atoms in total. The minimum absolute atomic E-state index is 0.00379. The predicted octanol–water partition coefficient (Wildman–Crippen LogP) is 8.86.